The van der Waals surface area contributed by atoms with E-state index in [9.17, 15) is 14.9 Å². The summed E-state index contributed by atoms with van der Waals surface area (Å²) in [5.74, 6) is 0.0186. The van der Waals surface area contributed by atoms with Crippen molar-refractivity contribution in [3.63, 3.8) is 0 Å². The number of aromatic nitrogens is 2. The van der Waals surface area contributed by atoms with Crippen molar-refractivity contribution in [3.05, 3.63) is 97.9 Å². The second-order valence-corrected chi connectivity index (χ2v) is 7.07. The molecule has 2 heterocycles. The van der Waals surface area contributed by atoms with Crippen LogP contribution in [-0.2, 0) is 0 Å². The zero-order valence-corrected chi connectivity index (χ0v) is 16.1. The molecule has 144 valence electrons. The summed E-state index contributed by atoms with van der Waals surface area (Å²) >= 11 is 1.23. The maximum atomic E-state index is 13.2. The highest BCUT2D eigenvalue weighted by Gasteiger charge is 2.14. The molecule has 8 heteroatoms. The van der Waals surface area contributed by atoms with Crippen molar-refractivity contribution < 1.29 is 9.34 Å². The first-order valence-corrected chi connectivity index (χ1v) is 9.58. The lowest BCUT2D eigenvalue weighted by Crippen LogP contribution is -2.22. The van der Waals surface area contributed by atoms with Crippen molar-refractivity contribution in [2.45, 2.75) is 12.1 Å². The molecule has 7 nitrogen and oxygen atoms in total. The fourth-order valence-corrected chi connectivity index (χ4v) is 3.67. The van der Waals surface area contributed by atoms with Crippen LogP contribution < -0.4 is 5.56 Å². The van der Waals surface area contributed by atoms with Gasteiger partial charge in [-0.15, -0.1) is 0 Å². The lowest BCUT2D eigenvalue weighted by atomic mass is 10.2. The van der Waals surface area contributed by atoms with Crippen LogP contribution in [0.4, 0.5) is 5.88 Å². The zero-order valence-electron chi connectivity index (χ0n) is 15.3. The molecule has 0 amide bonds. The Morgan fingerprint density at radius 1 is 1.10 bits per heavy atom. The fraction of sp³-hybridized carbons (Fsp3) is 0.0476. The summed E-state index contributed by atoms with van der Waals surface area (Å²) < 4.78 is 6.70. The summed E-state index contributed by atoms with van der Waals surface area (Å²) in [4.78, 5) is 28.0. The number of thioether (sulfide) groups is 1. The molecule has 2 aromatic heterocycles. The Kier molecular flexibility index (Phi) is 5.01. The van der Waals surface area contributed by atoms with Gasteiger partial charge in [0.15, 0.2) is 5.16 Å². The zero-order chi connectivity index (χ0) is 20.4. The Bertz CT molecular complexity index is 1310. The second-order valence-electron chi connectivity index (χ2n) is 6.19. The number of fused-ring (bicyclic) bond motifs is 1. The van der Waals surface area contributed by atoms with Gasteiger partial charge in [0.05, 0.1) is 22.7 Å². The molecular weight excluding hydrogens is 390 g/mol. The Morgan fingerprint density at radius 2 is 1.86 bits per heavy atom. The number of nitro groups is 1. The smallest absolute Gasteiger partial charge is 0.401 e. The molecule has 29 heavy (non-hydrogen) atoms. The first kappa shape index (κ1) is 18.7. The molecule has 0 spiro atoms. The minimum absolute atomic E-state index is 0.158. The lowest BCUT2D eigenvalue weighted by molar-refractivity contribution is -0.402. The van der Waals surface area contributed by atoms with E-state index in [0.717, 1.165) is 11.3 Å². The molecule has 0 aliphatic heterocycles. The number of rotatable bonds is 5. The highest BCUT2D eigenvalue weighted by atomic mass is 32.2. The van der Waals surface area contributed by atoms with E-state index in [-0.39, 0.29) is 11.4 Å². The number of nitrogens with zero attached hydrogens (tertiary/aromatic N) is 3. The van der Waals surface area contributed by atoms with Gasteiger partial charge < -0.3 is 4.42 Å². The summed E-state index contributed by atoms with van der Waals surface area (Å²) in [6.45, 7) is 1.93. The van der Waals surface area contributed by atoms with Gasteiger partial charge >= 0.3 is 5.88 Å². The summed E-state index contributed by atoms with van der Waals surface area (Å²) in [7, 11) is 0. The molecule has 0 atom stereocenters. The highest BCUT2D eigenvalue weighted by molar-refractivity contribution is 8.02. The van der Waals surface area contributed by atoms with Gasteiger partial charge in [0.1, 0.15) is 10.7 Å². The van der Waals surface area contributed by atoms with E-state index in [4.69, 9.17) is 4.42 Å². The van der Waals surface area contributed by atoms with Crippen LogP contribution in [0.2, 0.25) is 0 Å². The summed E-state index contributed by atoms with van der Waals surface area (Å²) in [6, 6.07) is 17.6. The van der Waals surface area contributed by atoms with Gasteiger partial charge in [0, 0.05) is 0 Å². The van der Waals surface area contributed by atoms with Crippen LogP contribution >= 0.6 is 11.8 Å². The van der Waals surface area contributed by atoms with Crippen LogP contribution in [0.1, 0.15) is 11.3 Å². The number of furan rings is 1. The largest absolute Gasteiger partial charge is 0.433 e. The number of aryl methyl sites for hydroxylation is 1. The monoisotopic (exact) mass is 405 g/mol. The molecule has 4 rings (SSSR count). The Hall–Kier alpha value is -3.65. The average Bonchev–Trinajstić information content (AvgIpc) is 3.19. The minimum Gasteiger partial charge on any atom is -0.401 e. The van der Waals surface area contributed by atoms with E-state index in [2.05, 4.69) is 4.98 Å². The molecule has 0 aliphatic rings. The first-order chi connectivity index (χ1) is 14.0. The van der Waals surface area contributed by atoms with Crippen molar-refractivity contribution in [3.8, 4) is 5.69 Å². The normalized spacial score (nSPS) is 11.3. The Balaban J connectivity index is 1.79. The molecule has 2 aromatic carbocycles. The predicted octanol–water partition coefficient (Wildman–Crippen LogP) is 4.96. The van der Waals surface area contributed by atoms with Gasteiger partial charge in [-0.25, -0.2) is 4.98 Å². The third kappa shape index (κ3) is 3.70. The van der Waals surface area contributed by atoms with Gasteiger partial charge in [0.2, 0.25) is 0 Å². The summed E-state index contributed by atoms with van der Waals surface area (Å²) in [5, 5.41) is 13.4. The van der Waals surface area contributed by atoms with E-state index < -0.39 is 4.92 Å². The molecule has 0 saturated heterocycles. The third-order valence-corrected chi connectivity index (χ3v) is 5.06. The van der Waals surface area contributed by atoms with E-state index in [0.29, 0.717) is 21.8 Å². The number of hydrogen-bond acceptors (Lipinski definition) is 6. The maximum absolute atomic E-state index is 13.2. The first-order valence-electron chi connectivity index (χ1n) is 8.70. The molecular formula is C21H15N3O4S. The number of hydrogen-bond donors (Lipinski definition) is 0. The molecule has 0 unspecified atom stereocenters. The Morgan fingerprint density at radius 3 is 2.62 bits per heavy atom. The third-order valence-electron chi connectivity index (χ3n) is 4.30. The lowest BCUT2D eigenvalue weighted by Gasteiger charge is -2.14. The van der Waals surface area contributed by atoms with E-state index >= 15 is 0 Å². The van der Waals surface area contributed by atoms with Crippen molar-refractivity contribution in [2.24, 2.45) is 0 Å². The number of para-hydroxylation sites is 2. The topological polar surface area (TPSA) is 91.2 Å². The molecule has 4 aromatic rings. The van der Waals surface area contributed by atoms with Gasteiger partial charge in [0.25, 0.3) is 5.56 Å². The molecule has 0 radical (unpaired) electrons. The van der Waals surface area contributed by atoms with Gasteiger partial charge in [-0.2, -0.15) is 0 Å². The van der Waals surface area contributed by atoms with Crippen LogP contribution in [0.5, 0.6) is 0 Å². The predicted molar refractivity (Wildman–Crippen MR) is 112 cm³/mol. The van der Waals surface area contributed by atoms with E-state index in [1.807, 2.05) is 43.3 Å². The van der Waals surface area contributed by atoms with Gasteiger partial charge in [-0.05, 0) is 48.2 Å². The Labute approximate surface area is 169 Å². The molecule has 0 bridgehead atoms. The van der Waals surface area contributed by atoms with Crippen molar-refractivity contribution >= 4 is 34.6 Å². The molecule has 0 fully saturated rings. The summed E-state index contributed by atoms with van der Waals surface area (Å²) in [5.41, 5.74) is 2.14. The maximum Gasteiger partial charge on any atom is 0.433 e. The van der Waals surface area contributed by atoms with Crippen LogP contribution in [0.25, 0.3) is 22.7 Å². The summed E-state index contributed by atoms with van der Waals surface area (Å²) in [6.07, 6.45) is 1.60. The second kappa shape index (κ2) is 7.76. The number of benzene rings is 2. The highest BCUT2D eigenvalue weighted by Crippen LogP contribution is 2.25. The molecule has 0 aliphatic carbocycles. The molecule has 0 N–H and O–H groups in total. The van der Waals surface area contributed by atoms with Gasteiger partial charge in [-0.1, -0.05) is 42.1 Å². The van der Waals surface area contributed by atoms with Crippen LogP contribution in [0, 0.1) is 17.0 Å². The van der Waals surface area contributed by atoms with Crippen LogP contribution in [0.15, 0.2) is 80.4 Å². The van der Waals surface area contributed by atoms with Crippen molar-refractivity contribution in [2.75, 3.05) is 0 Å². The molecule has 0 saturated carbocycles. The van der Waals surface area contributed by atoms with Crippen LogP contribution in [-0.4, -0.2) is 14.5 Å². The minimum atomic E-state index is -0.592. The average molecular weight is 405 g/mol. The van der Waals surface area contributed by atoms with Crippen molar-refractivity contribution in [1.82, 2.24) is 9.55 Å². The van der Waals surface area contributed by atoms with E-state index in [1.165, 1.54) is 23.9 Å². The van der Waals surface area contributed by atoms with Crippen LogP contribution in [0.3, 0.4) is 0 Å². The SMILES string of the molecule is Cc1ccccc1-n1c(S/C=C/c2ccc([N+](=O)[O-])o2)nc2ccccc2c1=O. The quantitative estimate of drug-likeness (QED) is 0.202. The fourth-order valence-electron chi connectivity index (χ4n) is 2.91. The van der Waals surface area contributed by atoms with E-state index in [1.54, 1.807) is 28.2 Å². The van der Waals surface area contributed by atoms with Gasteiger partial charge in [-0.3, -0.25) is 19.5 Å². The van der Waals surface area contributed by atoms with Crippen molar-refractivity contribution in [1.29, 1.82) is 0 Å². The standard InChI is InChI=1S/C21H15N3O4S/c1-14-6-2-5-9-18(14)23-20(25)16-7-3-4-8-17(16)22-21(23)29-13-12-15-10-11-19(28-15)24(26)27/h2-13H,1H3/b13-12+.